The Kier molecular flexibility index (Phi) is 5.24. The van der Waals surface area contributed by atoms with Crippen molar-refractivity contribution in [3.05, 3.63) is 33.3 Å². The van der Waals surface area contributed by atoms with E-state index in [9.17, 15) is 14.9 Å². The first-order valence-electron chi connectivity index (χ1n) is 7.38. The van der Waals surface area contributed by atoms with E-state index in [1.165, 1.54) is 6.07 Å². The fourth-order valence-electron chi connectivity index (χ4n) is 2.65. The average Bonchev–Trinajstić information content (AvgIpc) is 2.72. The number of nitrogens with zero attached hydrogens (tertiary/aromatic N) is 3. The van der Waals surface area contributed by atoms with Crippen LogP contribution in [0, 0.1) is 16.0 Å². The van der Waals surface area contributed by atoms with Crippen molar-refractivity contribution in [2.24, 2.45) is 5.92 Å². The lowest BCUT2D eigenvalue weighted by Gasteiger charge is -2.24. The Morgan fingerprint density at radius 1 is 1.27 bits per heavy atom. The molecule has 0 atom stereocenters. The van der Waals surface area contributed by atoms with E-state index in [-0.39, 0.29) is 17.5 Å². The van der Waals surface area contributed by atoms with Crippen molar-refractivity contribution in [1.82, 2.24) is 4.90 Å². The summed E-state index contributed by atoms with van der Waals surface area (Å²) in [5.41, 5.74) is 0.574. The van der Waals surface area contributed by atoms with Crippen LogP contribution in [0.3, 0.4) is 0 Å². The fraction of sp³-hybridized carbons (Fsp3) is 0.533. The van der Waals surface area contributed by atoms with Crippen LogP contribution in [0.1, 0.15) is 20.3 Å². The summed E-state index contributed by atoms with van der Waals surface area (Å²) in [4.78, 5) is 26.7. The number of rotatable bonds is 3. The minimum atomic E-state index is -0.414. The van der Waals surface area contributed by atoms with Gasteiger partial charge in [0.1, 0.15) is 5.69 Å². The molecule has 0 radical (unpaired) electrons. The van der Waals surface area contributed by atoms with E-state index in [1.807, 2.05) is 23.6 Å². The molecule has 0 N–H and O–H groups in total. The summed E-state index contributed by atoms with van der Waals surface area (Å²) in [5, 5.41) is 11.6. The number of nitro groups is 1. The number of carbonyl (C=O) groups is 1. The maximum Gasteiger partial charge on any atom is 0.294 e. The Balaban J connectivity index is 2.18. The highest BCUT2D eigenvalue weighted by Crippen LogP contribution is 2.31. The summed E-state index contributed by atoms with van der Waals surface area (Å²) in [6.07, 6.45) is 0.790. The highest BCUT2D eigenvalue weighted by molar-refractivity contribution is 6.30. The molecule has 0 unspecified atom stereocenters. The maximum absolute atomic E-state index is 12.1. The van der Waals surface area contributed by atoms with Gasteiger partial charge < -0.3 is 9.80 Å². The lowest BCUT2D eigenvalue weighted by atomic mass is 10.2. The van der Waals surface area contributed by atoms with Crippen molar-refractivity contribution < 1.29 is 9.72 Å². The molecule has 1 fully saturated rings. The monoisotopic (exact) mass is 325 g/mol. The molecule has 1 aliphatic heterocycles. The second kappa shape index (κ2) is 6.96. The quantitative estimate of drug-likeness (QED) is 0.633. The smallest absolute Gasteiger partial charge is 0.294 e. The number of nitro benzene ring substituents is 1. The lowest BCUT2D eigenvalue weighted by Crippen LogP contribution is -2.37. The van der Waals surface area contributed by atoms with E-state index < -0.39 is 4.92 Å². The number of anilines is 1. The molecule has 0 aliphatic carbocycles. The lowest BCUT2D eigenvalue weighted by molar-refractivity contribution is -0.384. The Hall–Kier alpha value is -1.82. The van der Waals surface area contributed by atoms with E-state index in [0.29, 0.717) is 36.9 Å². The molecule has 1 amide bonds. The zero-order chi connectivity index (χ0) is 16.3. The van der Waals surface area contributed by atoms with Crippen LogP contribution in [0.2, 0.25) is 5.02 Å². The van der Waals surface area contributed by atoms with Crippen molar-refractivity contribution in [3.8, 4) is 0 Å². The van der Waals surface area contributed by atoms with Gasteiger partial charge in [-0.1, -0.05) is 25.4 Å². The zero-order valence-corrected chi connectivity index (χ0v) is 13.5. The normalized spacial score (nSPS) is 15.8. The molecular formula is C15H20ClN3O3. The number of hydrogen-bond acceptors (Lipinski definition) is 4. The number of halogens is 1. The molecule has 2 rings (SSSR count). The summed E-state index contributed by atoms with van der Waals surface area (Å²) in [7, 11) is 0. The van der Waals surface area contributed by atoms with Crippen LogP contribution in [0.15, 0.2) is 18.2 Å². The van der Waals surface area contributed by atoms with Gasteiger partial charge in [-0.25, -0.2) is 0 Å². The predicted octanol–water partition coefficient (Wildman–Crippen LogP) is 2.94. The van der Waals surface area contributed by atoms with Crippen molar-refractivity contribution in [2.75, 3.05) is 31.1 Å². The summed E-state index contributed by atoms with van der Waals surface area (Å²) in [6, 6.07) is 4.71. The van der Waals surface area contributed by atoms with E-state index in [1.54, 1.807) is 12.1 Å². The Labute approximate surface area is 134 Å². The molecule has 1 heterocycles. The molecule has 0 spiro atoms. The zero-order valence-electron chi connectivity index (χ0n) is 12.8. The second-order valence-corrected chi connectivity index (χ2v) is 6.15. The molecule has 1 aliphatic rings. The van der Waals surface area contributed by atoms with Gasteiger partial charge in [-0.2, -0.15) is 0 Å². The Bertz CT molecular complexity index is 577. The van der Waals surface area contributed by atoms with Crippen LogP contribution in [0.5, 0.6) is 0 Å². The molecule has 0 aromatic heterocycles. The van der Waals surface area contributed by atoms with Gasteiger partial charge >= 0.3 is 0 Å². The van der Waals surface area contributed by atoms with Gasteiger partial charge in [-0.15, -0.1) is 0 Å². The standard InChI is InChI=1S/C15H20ClN3O3/c1-11(2)15(20)18-7-3-6-17(8-9-18)13-5-4-12(16)10-14(13)19(21)22/h4-5,10-11H,3,6-9H2,1-2H3. The Morgan fingerprint density at radius 2 is 2.00 bits per heavy atom. The molecule has 1 saturated heterocycles. The first-order chi connectivity index (χ1) is 10.4. The highest BCUT2D eigenvalue weighted by Gasteiger charge is 2.25. The first kappa shape index (κ1) is 16.5. The third-order valence-electron chi connectivity index (χ3n) is 3.78. The molecule has 6 nitrogen and oxygen atoms in total. The number of hydrogen-bond donors (Lipinski definition) is 0. The largest absolute Gasteiger partial charge is 0.364 e. The number of carbonyl (C=O) groups excluding carboxylic acids is 1. The minimum Gasteiger partial charge on any atom is -0.364 e. The van der Waals surface area contributed by atoms with Gasteiger partial charge in [0.05, 0.1) is 4.92 Å². The fourth-order valence-corrected chi connectivity index (χ4v) is 2.82. The van der Waals surface area contributed by atoms with Gasteiger partial charge in [0, 0.05) is 43.2 Å². The molecule has 120 valence electrons. The number of benzene rings is 1. The third-order valence-corrected chi connectivity index (χ3v) is 4.01. The highest BCUT2D eigenvalue weighted by atomic mass is 35.5. The SMILES string of the molecule is CC(C)C(=O)N1CCCN(c2ccc(Cl)cc2[N+](=O)[O-])CC1. The molecule has 7 heteroatoms. The topological polar surface area (TPSA) is 66.7 Å². The first-order valence-corrected chi connectivity index (χ1v) is 7.75. The van der Waals surface area contributed by atoms with Crippen LogP contribution >= 0.6 is 11.6 Å². The van der Waals surface area contributed by atoms with Gasteiger partial charge in [-0.05, 0) is 18.6 Å². The van der Waals surface area contributed by atoms with Gasteiger partial charge in [-0.3, -0.25) is 14.9 Å². The van der Waals surface area contributed by atoms with Crippen LogP contribution in [0.4, 0.5) is 11.4 Å². The minimum absolute atomic E-state index is 0.0103. The maximum atomic E-state index is 12.1. The van der Waals surface area contributed by atoms with Crippen LogP contribution in [-0.4, -0.2) is 41.9 Å². The number of amides is 1. The summed E-state index contributed by atoms with van der Waals surface area (Å²) in [6.45, 7) is 6.31. The van der Waals surface area contributed by atoms with Gasteiger partial charge in [0.2, 0.25) is 5.91 Å². The average molecular weight is 326 g/mol. The van der Waals surface area contributed by atoms with Crippen molar-refractivity contribution in [1.29, 1.82) is 0 Å². The van der Waals surface area contributed by atoms with Crippen LogP contribution in [0.25, 0.3) is 0 Å². The van der Waals surface area contributed by atoms with Gasteiger partial charge in [0.25, 0.3) is 5.69 Å². The summed E-state index contributed by atoms with van der Waals surface area (Å²) >= 11 is 5.86. The molecule has 0 bridgehead atoms. The van der Waals surface area contributed by atoms with Crippen molar-refractivity contribution >= 4 is 28.9 Å². The predicted molar refractivity (Wildman–Crippen MR) is 86.4 cm³/mol. The van der Waals surface area contributed by atoms with Crippen molar-refractivity contribution in [2.45, 2.75) is 20.3 Å². The second-order valence-electron chi connectivity index (χ2n) is 5.71. The summed E-state index contributed by atoms with van der Waals surface area (Å²) in [5.74, 6) is 0.101. The molecule has 0 saturated carbocycles. The molecule has 1 aromatic carbocycles. The van der Waals surface area contributed by atoms with Crippen molar-refractivity contribution in [3.63, 3.8) is 0 Å². The van der Waals surface area contributed by atoms with E-state index >= 15 is 0 Å². The molecular weight excluding hydrogens is 306 g/mol. The molecule has 22 heavy (non-hydrogen) atoms. The van der Waals surface area contributed by atoms with Crippen LogP contribution < -0.4 is 4.90 Å². The van der Waals surface area contributed by atoms with E-state index in [4.69, 9.17) is 11.6 Å². The molecule has 1 aromatic rings. The van der Waals surface area contributed by atoms with Crippen LogP contribution in [-0.2, 0) is 4.79 Å². The van der Waals surface area contributed by atoms with Gasteiger partial charge in [0.15, 0.2) is 0 Å². The van der Waals surface area contributed by atoms with E-state index in [0.717, 1.165) is 6.42 Å². The third kappa shape index (κ3) is 3.68. The Morgan fingerprint density at radius 3 is 2.64 bits per heavy atom. The van der Waals surface area contributed by atoms with E-state index in [2.05, 4.69) is 0 Å². The summed E-state index contributed by atoms with van der Waals surface area (Å²) < 4.78 is 0.